The number of nitrogens with one attached hydrogen (secondary N) is 1. The molecule has 0 spiro atoms. The van der Waals surface area contributed by atoms with E-state index in [0.717, 1.165) is 43.7 Å². The number of hydrogen-bond acceptors (Lipinski definition) is 4. The van der Waals surface area contributed by atoms with Crippen molar-refractivity contribution in [3.8, 4) is 16.9 Å². The molecule has 0 bridgehead atoms. The Balaban J connectivity index is 1.40. The van der Waals surface area contributed by atoms with E-state index in [1.54, 1.807) is 12.3 Å². The van der Waals surface area contributed by atoms with Gasteiger partial charge in [-0.3, -0.25) is 4.98 Å². The van der Waals surface area contributed by atoms with Gasteiger partial charge in [0.2, 0.25) is 0 Å². The molecule has 2 aliphatic rings. The second-order valence-corrected chi connectivity index (χ2v) is 8.42. The molecule has 0 aliphatic carbocycles. The lowest BCUT2D eigenvalue weighted by atomic mass is 9.87. The molecule has 2 aliphatic heterocycles. The maximum Gasteiger partial charge on any atom is 0.336 e. The van der Waals surface area contributed by atoms with E-state index in [0.29, 0.717) is 12.0 Å². The Labute approximate surface area is 182 Å². The van der Waals surface area contributed by atoms with Crippen LogP contribution in [0.2, 0.25) is 0 Å². The van der Waals surface area contributed by atoms with Crippen molar-refractivity contribution in [2.75, 3.05) is 13.2 Å². The monoisotopic (exact) mass is 414 g/mol. The van der Waals surface area contributed by atoms with Crippen LogP contribution < -0.4 is 10.1 Å². The molecule has 5 heteroatoms. The molecule has 1 atom stereocenters. The van der Waals surface area contributed by atoms with Gasteiger partial charge in [-0.1, -0.05) is 18.2 Å². The van der Waals surface area contributed by atoms with Crippen LogP contribution in [-0.4, -0.2) is 29.2 Å². The second-order valence-electron chi connectivity index (χ2n) is 8.42. The van der Waals surface area contributed by atoms with Gasteiger partial charge in [0, 0.05) is 24.9 Å². The van der Waals surface area contributed by atoms with Gasteiger partial charge in [0.05, 0.1) is 12.2 Å². The maximum absolute atomic E-state index is 11.5. The van der Waals surface area contributed by atoms with Crippen LogP contribution >= 0.6 is 0 Å². The van der Waals surface area contributed by atoms with Gasteiger partial charge in [0.15, 0.2) is 0 Å². The van der Waals surface area contributed by atoms with Crippen molar-refractivity contribution in [2.24, 2.45) is 0 Å². The summed E-state index contributed by atoms with van der Waals surface area (Å²) in [4.78, 5) is 15.6. The number of aryl methyl sites for hydroxylation is 2. The molecule has 0 radical (unpaired) electrons. The summed E-state index contributed by atoms with van der Waals surface area (Å²) in [6.07, 6.45) is 6.71. The van der Waals surface area contributed by atoms with Crippen molar-refractivity contribution in [1.82, 2.24) is 10.3 Å². The third-order valence-corrected chi connectivity index (χ3v) is 6.49. The van der Waals surface area contributed by atoms with Crippen molar-refractivity contribution in [3.05, 3.63) is 82.2 Å². The fraction of sp³-hybridized carbons (Fsp3) is 0.308. The molecular formula is C26H26N2O3. The minimum Gasteiger partial charge on any atom is -0.493 e. The van der Waals surface area contributed by atoms with Crippen molar-refractivity contribution in [3.63, 3.8) is 0 Å². The van der Waals surface area contributed by atoms with Gasteiger partial charge < -0.3 is 15.2 Å². The number of fused-ring (bicyclic) bond motifs is 2. The van der Waals surface area contributed by atoms with E-state index in [2.05, 4.69) is 47.6 Å². The number of hydrogen-bond donors (Lipinski definition) is 2. The summed E-state index contributed by atoms with van der Waals surface area (Å²) in [6.45, 7) is 3.85. The van der Waals surface area contributed by atoms with E-state index in [4.69, 9.17) is 4.74 Å². The predicted octanol–water partition coefficient (Wildman–Crippen LogP) is 4.51. The van der Waals surface area contributed by atoms with Crippen LogP contribution in [0.1, 0.15) is 50.6 Å². The Morgan fingerprint density at radius 3 is 2.97 bits per heavy atom. The van der Waals surface area contributed by atoms with Crippen LogP contribution in [0.3, 0.4) is 0 Å². The Morgan fingerprint density at radius 2 is 2.10 bits per heavy atom. The second kappa shape index (κ2) is 8.16. The van der Waals surface area contributed by atoms with Crippen LogP contribution in [0.5, 0.6) is 5.75 Å². The zero-order valence-corrected chi connectivity index (χ0v) is 17.6. The van der Waals surface area contributed by atoms with Gasteiger partial charge in [-0.2, -0.15) is 0 Å². The lowest BCUT2D eigenvalue weighted by molar-refractivity contribution is 0.0695. The Bertz CT molecular complexity index is 1160. The molecule has 0 saturated heterocycles. The summed E-state index contributed by atoms with van der Waals surface area (Å²) in [5.74, 6) is 0.133. The fourth-order valence-corrected chi connectivity index (χ4v) is 4.85. The summed E-state index contributed by atoms with van der Waals surface area (Å²) >= 11 is 0. The number of aromatic nitrogens is 1. The largest absolute Gasteiger partial charge is 0.493 e. The highest BCUT2D eigenvalue weighted by Crippen LogP contribution is 2.36. The van der Waals surface area contributed by atoms with Crippen LogP contribution in [0.25, 0.3) is 11.1 Å². The minimum absolute atomic E-state index is 0.217. The van der Waals surface area contributed by atoms with E-state index in [-0.39, 0.29) is 6.04 Å². The first-order valence-electron chi connectivity index (χ1n) is 10.9. The SMILES string of the molecule is Cc1cc2c(cc1-c1ccc3c(c1)CCN[C@@H]3CCc1cnccc1C(=O)O)CCO2. The fourth-order valence-electron chi connectivity index (χ4n) is 4.85. The number of ether oxygens (including phenoxy) is 1. The lowest BCUT2D eigenvalue weighted by Crippen LogP contribution is -2.30. The highest BCUT2D eigenvalue weighted by molar-refractivity contribution is 5.89. The van der Waals surface area contributed by atoms with Crippen molar-refractivity contribution in [2.45, 2.75) is 38.6 Å². The molecule has 3 aromatic rings. The van der Waals surface area contributed by atoms with Crippen LogP contribution in [0.4, 0.5) is 0 Å². The van der Waals surface area contributed by atoms with Gasteiger partial charge in [-0.05, 0) is 89.9 Å². The van der Waals surface area contributed by atoms with Gasteiger partial charge >= 0.3 is 5.97 Å². The number of nitrogens with zero attached hydrogens (tertiary/aromatic N) is 1. The third kappa shape index (κ3) is 3.81. The molecule has 5 rings (SSSR count). The zero-order valence-electron chi connectivity index (χ0n) is 17.6. The number of benzene rings is 2. The normalized spacial score (nSPS) is 17.0. The molecule has 2 N–H and O–H groups in total. The molecule has 3 heterocycles. The Hall–Kier alpha value is -3.18. The zero-order chi connectivity index (χ0) is 21.4. The van der Waals surface area contributed by atoms with E-state index in [9.17, 15) is 9.90 Å². The lowest BCUT2D eigenvalue weighted by Gasteiger charge is -2.28. The molecule has 5 nitrogen and oxygen atoms in total. The first-order chi connectivity index (χ1) is 15.1. The third-order valence-electron chi connectivity index (χ3n) is 6.49. The van der Waals surface area contributed by atoms with Crippen molar-refractivity contribution >= 4 is 5.97 Å². The molecule has 0 saturated carbocycles. The van der Waals surface area contributed by atoms with Gasteiger partial charge in [-0.25, -0.2) is 4.79 Å². The Kier molecular flexibility index (Phi) is 5.20. The number of carboxylic acids is 1. The number of pyridine rings is 1. The summed E-state index contributed by atoms with van der Waals surface area (Å²) in [7, 11) is 0. The van der Waals surface area contributed by atoms with Gasteiger partial charge in [0.1, 0.15) is 5.75 Å². The number of carboxylic acid groups (broad SMARTS) is 1. The summed E-state index contributed by atoms with van der Waals surface area (Å²) in [5.41, 5.74) is 8.90. The number of carbonyl (C=O) groups is 1. The van der Waals surface area contributed by atoms with Crippen molar-refractivity contribution < 1.29 is 14.6 Å². The standard InChI is InChI=1S/C26H26N2O3/c1-16-12-25-19(8-11-31-25)14-23(16)17-2-4-21-18(13-17)6-10-28-24(21)5-3-20-15-27-9-7-22(20)26(29)30/h2,4,7,9,12-15,24,28H,3,5-6,8,10-11H2,1H3,(H,29,30)/t24-/m1/s1. The maximum atomic E-state index is 11.5. The van der Waals surface area contributed by atoms with E-state index >= 15 is 0 Å². The molecule has 2 aromatic carbocycles. The molecule has 31 heavy (non-hydrogen) atoms. The van der Waals surface area contributed by atoms with Gasteiger partial charge in [0.25, 0.3) is 0 Å². The number of rotatable bonds is 5. The summed E-state index contributed by atoms with van der Waals surface area (Å²) in [6, 6.07) is 13.0. The average Bonchev–Trinajstić information content (AvgIpc) is 3.24. The molecule has 0 fully saturated rings. The highest BCUT2D eigenvalue weighted by Gasteiger charge is 2.22. The topological polar surface area (TPSA) is 71.5 Å². The Morgan fingerprint density at radius 1 is 1.19 bits per heavy atom. The van der Waals surface area contributed by atoms with E-state index in [1.807, 2.05) is 0 Å². The summed E-state index contributed by atoms with van der Waals surface area (Å²) in [5, 5.41) is 13.0. The van der Waals surface area contributed by atoms with Crippen LogP contribution in [-0.2, 0) is 19.3 Å². The number of aromatic carboxylic acids is 1. The summed E-state index contributed by atoms with van der Waals surface area (Å²) < 4.78 is 5.71. The first kappa shape index (κ1) is 19.8. The predicted molar refractivity (Wildman–Crippen MR) is 120 cm³/mol. The van der Waals surface area contributed by atoms with Crippen molar-refractivity contribution in [1.29, 1.82) is 0 Å². The molecule has 158 valence electrons. The average molecular weight is 415 g/mol. The van der Waals surface area contributed by atoms with E-state index in [1.165, 1.54) is 39.6 Å². The molecule has 0 amide bonds. The molecular weight excluding hydrogens is 388 g/mol. The smallest absolute Gasteiger partial charge is 0.336 e. The highest BCUT2D eigenvalue weighted by atomic mass is 16.5. The molecule has 1 aromatic heterocycles. The van der Waals surface area contributed by atoms with Crippen LogP contribution in [0.15, 0.2) is 48.8 Å². The van der Waals surface area contributed by atoms with E-state index < -0.39 is 5.97 Å². The quantitative estimate of drug-likeness (QED) is 0.643. The minimum atomic E-state index is -0.894. The van der Waals surface area contributed by atoms with Gasteiger partial charge in [-0.15, -0.1) is 0 Å². The first-order valence-corrected chi connectivity index (χ1v) is 10.9. The van der Waals surface area contributed by atoms with Crippen LogP contribution in [0, 0.1) is 6.92 Å². The molecule has 0 unspecified atom stereocenters.